The number of amides is 1. The zero-order valence-electron chi connectivity index (χ0n) is 23.3. The van der Waals surface area contributed by atoms with Crippen LogP contribution in [0.5, 0.6) is 0 Å². The Kier molecular flexibility index (Phi) is 8.44. The molecule has 0 unspecified atom stereocenters. The largest absolute Gasteiger partial charge is 0.343 e. The Balaban J connectivity index is 1.87. The lowest BCUT2D eigenvalue weighted by Crippen LogP contribution is -2.43. The number of carbonyl (C=O) groups is 1. The lowest BCUT2D eigenvalue weighted by Gasteiger charge is -2.45. The summed E-state index contributed by atoms with van der Waals surface area (Å²) in [5.74, 6) is -1.67. The van der Waals surface area contributed by atoms with Crippen molar-refractivity contribution in [3.63, 3.8) is 0 Å². The van der Waals surface area contributed by atoms with E-state index < -0.39 is 24.2 Å². The predicted octanol–water partition coefficient (Wildman–Crippen LogP) is 7.67. The first kappa shape index (κ1) is 30.1. The molecule has 4 atom stereocenters. The van der Waals surface area contributed by atoms with Gasteiger partial charge in [-0.25, -0.2) is 9.37 Å². The summed E-state index contributed by atoms with van der Waals surface area (Å²) in [5, 5.41) is 13.5. The highest BCUT2D eigenvalue weighted by Crippen LogP contribution is 2.49. The van der Waals surface area contributed by atoms with Crippen LogP contribution < -0.4 is 11.1 Å². The van der Waals surface area contributed by atoms with E-state index in [0.29, 0.717) is 45.3 Å². The van der Waals surface area contributed by atoms with E-state index in [2.05, 4.69) is 23.3 Å². The quantitative estimate of drug-likeness (QED) is 0.212. The molecule has 2 heterocycles. The van der Waals surface area contributed by atoms with Gasteiger partial charge in [-0.05, 0) is 68.8 Å². The van der Waals surface area contributed by atoms with Crippen molar-refractivity contribution in [2.24, 2.45) is 17.6 Å². The second-order valence-corrected chi connectivity index (χ2v) is 11.8. The molecule has 1 aliphatic carbocycles. The van der Waals surface area contributed by atoms with Crippen molar-refractivity contribution in [3.05, 3.63) is 63.1 Å². The summed E-state index contributed by atoms with van der Waals surface area (Å²) in [6.45, 7) is 5.91. The molecular weight excluding hydrogens is 586 g/mol. The topological polar surface area (TPSA) is 96.7 Å². The van der Waals surface area contributed by atoms with Gasteiger partial charge in [-0.3, -0.25) is 4.79 Å². The van der Waals surface area contributed by atoms with E-state index in [1.807, 2.05) is 16.7 Å². The fourth-order valence-electron chi connectivity index (χ4n) is 6.41. The summed E-state index contributed by atoms with van der Waals surface area (Å²) >= 11 is 12.8. The predicted molar refractivity (Wildman–Crippen MR) is 159 cm³/mol. The number of hydrogen-bond acceptors (Lipinski definition) is 4. The minimum absolute atomic E-state index is 0.100. The molecule has 0 radical (unpaired) electrons. The van der Waals surface area contributed by atoms with Gasteiger partial charge in [-0.1, -0.05) is 42.3 Å². The van der Waals surface area contributed by atoms with Crippen molar-refractivity contribution in [3.8, 4) is 17.2 Å². The van der Waals surface area contributed by atoms with E-state index in [9.17, 15) is 18.8 Å². The SMILES string of the molecule is Cc1nc2c(F)c(-c3cccc(Cl)c3Cl)c(CCC#N)cc2c2c1cc([C@@H](C)NC(=O)C(F)F)n2[C@H]1[C@@H](CN)C[C@@H]1C. The molecule has 2 aromatic carbocycles. The number of nitriles is 1. The Bertz CT molecular complexity index is 1750. The van der Waals surface area contributed by atoms with Crippen LogP contribution in [-0.2, 0) is 11.2 Å². The molecule has 3 N–H and O–H groups in total. The number of hydrogen-bond donors (Lipinski definition) is 2. The Labute approximate surface area is 251 Å². The average Bonchev–Trinajstić information content (AvgIpc) is 3.33. The van der Waals surface area contributed by atoms with Crippen molar-refractivity contribution < 1.29 is 18.0 Å². The first-order valence-corrected chi connectivity index (χ1v) is 14.5. The summed E-state index contributed by atoms with van der Waals surface area (Å²) in [4.78, 5) is 16.7. The van der Waals surface area contributed by atoms with Crippen LogP contribution in [0.15, 0.2) is 30.3 Å². The molecule has 11 heteroatoms. The van der Waals surface area contributed by atoms with Crippen LogP contribution >= 0.6 is 23.2 Å². The summed E-state index contributed by atoms with van der Waals surface area (Å²) < 4.78 is 45.1. The van der Waals surface area contributed by atoms with E-state index in [-0.39, 0.29) is 51.8 Å². The molecule has 220 valence electrons. The highest BCUT2D eigenvalue weighted by atomic mass is 35.5. The second kappa shape index (κ2) is 11.8. The summed E-state index contributed by atoms with van der Waals surface area (Å²) in [5.41, 5.74) is 9.24. The van der Waals surface area contributed by atoms with Gasteiger partial charge >= 0.3 is 6.43 Å². The van der Waals surface area contributed by atoms with Gasteiger partial charge in [0.05, 0.1) is 27.7 Å². The number of nitrogens with one attached hydrogen (secondary N) is 1. The molecule has 0 saturated heterocycles. The fraction of sp³-hybridized carbons (Fsp3) is 0.387. The highest BCUT2D eigenvalue weighted by molar-refractivity contribution is 6.43. The molecule has 1 fully saturated rings. The van der Waals surface area contributed by atoms with Gasteiger partial charge in [-0.2, -0.15) is 14.0 Å². The van der Waals surface area contributed by atoms with Gasteiger partial charge in [0.2, 0.25) is 0 Å². The van der Waals surface area contributed by atoms with Gasteiger partial charge < -0.3 is 15.6 Å². The number of aryl methyl sites for hydroxylation is 2. The minimum atomic E-state index is -3.16. The fourth-order valence-corrected chi connectivity index (χ4v) is 6.81. The van der Waals surface area contributed by atoms with Gasteiger partial charge in [0.25, 0.3) is 5.91 Å². The zero-order chi connectivity index (χ0) is 30.5. The molecular formula is C31H30Cl2F3N5O. The molecule has 6 nitrogen and oxygen atoms in total. The van der Waals surface area contributed by atoms with E-state index in [0.717, 1.165) is 6.42 Å². The molecule has 5 rings (SSSR count). The monoisotopic (exact) mass is 615 g/mol. The van der Waals surface area contributed by atoms with Crippen LogP contribution in [0.1, 0.15) is 55.7 Å². The zero-order valence-corrected chi connectivity index (χ0v) is 24.8. The highest BCUT2D eigenvalue weighted by Gasteiger charge is 2.41. The summed E-state index contributed by atoms with van der Waals surface area (Å²) in [6.07, 6.45) is -1.91. The number of pyridine rings is 1. The molecule has 0 bridgehead atoms. The summed E-state index contributed by atoms with van der Waals surface area (Å²) in [6, 6.07) is 9.89. The van der Waals surface area contributed by atoms with Crippen molar-refractivity contribution in [1.82, 2.24) is 14.9 Å². The van der Waals surface area contributed by atoms with Crippen molar-refractivity contribution in [1.29, 1.82) is 5.26 Å². The van der Waals surface area contributed by atoms with Crippen LogP contribution in [0.3, 0.4) is 0 Å². The van der Waals surface area contributed by atoms with E-state index >= 15 is 4.39 Å². The summed E-state index contributed by atoms with van der Waals surface area (Å²) in [7, 11) is 0. The Hall–Kier alpha value is -3.32. The van der Waals surface area contributed by atoms with E-state index in [4.69, 9.17) is 28.9 Å². The second-order valence-electron chi connectivity index (χ2n) is 11.0. The van der Waals surface area contributed by atoms with E-state index in [1.165, 1.54) is 0 Å². The van der Waals surface area contributed by atoms with Crippen LogP contribution in [0, 0.1) is 35.9 Å². The number of alkyl halides is 2. The maximum absolute atomic E-state index is 16.7. The Morgan fingerprint density at radius 1 is 1.29 bits per heavy atom. The third kappa shape index (κ3) is 5.00. The number of fused-ring (bicyclic) bond motifs is 3. The Morgan fingerprint density at radius 2 is 2.02 bits per heavy atom. The van der Waals surface area contributed by atoms with Crippen LogP contribution in [0.4, 0.5) is 13.2 Å². The van der Waals surface area contributed by atoms with Gasteiger partial charge in [0.1, 0.15) is 5.52 Å². The first-order chi connectivity index (χ1) is 20.0. The molecule has 0 aliphatic heterocycles. The average molecular weight is 617 g/mol. The van der Waals surface area contributed by atoms with Gasteiger partial charge in [0, 0.05) is 45.7 Å². The lowest BCUT2D eigenvalue weighted by molar-refractivity contribution is -0.132. The van der Waals surface area contributed by atoms with Crippen LogP contribution in [0.2, 0.25) is 10.0 Å². The first-order valence-electron chi connectivity index (χ1n) is 13.8. The van der Waals surface area contributed by atoms with Crippen molar-refractivity contribution in [2.75, 3.05) is 6.54 Å². The Morgan fingerprint density at radius 3 is 2.67 bits per heavy atom. The number of rotatable bonds is 8. The molecule has 42 heavy (non-hydrogen) atoms. The third-order valence-electron chi connectivity index (χ3n) is 8.38. The van der Waals surface area contributed by atoms with Crippen molar-refractivity contribution >= 4 is 50.9 Å². The molecule has 2 aromatic heterocycles. The van der Waals surface area contributed by atoms with Gasteiger partial charge in [-0.15, -0.1) is 0 Å². The third-order valence-corrected chi connectivity index (χ3v) is 9.20. The molecule has 4 aromatic rings. The number of aromatic nitrogens is 2. The molecule has 1 amide bonds. The number of benzene rings is 2. The minimum Gasteiger partial charge on any atom is -0.343 e. The lowest BCUT2D eigenvalue weighted by atomic mass is 9.70. The standard InChI is InChI=1S/C31H30Cl2F3N5O/c1-14-10-18(13-38)28(14)41-23(16(3)40-31(42)30(35)36)12-20-15(2)39-27-21(29(20)41)11-17(6-5-9-37)24(26(27)34)19-7-4-8-22(32)25(19)33/h4,7-8,11-12,14,16,18,28,30H,5-6,10,13,38H2,1-3H3,(H,40,42)/t14-,16+,18+,28+/m0/s1. The van der Waals surface area contributed by atoms with Crippen LogP contribution in [-0.4, -0.2) is 28.4 Å². The number of nitrogens with two attached hydrogens (primary N) is 1. The molecule has 1 aliphatic rings. The number of halogens is 5. The molecule has 0 spiro atoms. The van der Waals surface area contributed by atoms with Crippen LogP contribution in [0.25, 0.3) is 32.9 Å². The number of nitrogens with zero attached hydrogens (tertiary/aromatic N) is 3. The van der Waals surface area contributed by atoms with Crippen molar-refractivity contribution in [2.45, 2.75) is 58.5 Å². The maximum Gasteiger partial charge on any atom is 0.315 e. The number of carbonyl (C=O) groups excluding carboxylic acids is 1. The van der Waals surface area contributed by atoms with Gasteiger partial charge in [0.15, 0.2) is 5.82 Å². The molecule has 1 saturated carbocycles. The van der Waals surface area contributed by atoms with E-state index in [1.54, 1.807) is 32.0 Å². The maximum atomic E-state index is 16.7. The smallest absolute Gasteiger partial charge is 0.315 e. The normalized spacial score (nSPS) is 19.2.